The zero-order chi connectivity index (χ0) is 22.3. The van der Waals surface area contributed by atoms with Gasteiger partial charge in [-0.25, -0.2) is 0 Å². The van der Waals surface area contributed by atoms with Crippen LogP contribution in [-0.2, 0) is 11.3 Å². The minimum absolute atomic E-state index is 0.123. The van der Waals surface area contributed by atoms with E-state index in [2.05, 4.69) is 27.0 Å². The second-order valence-electron chi connectivity index (χ2n) is 7.43. The van der Waals surface area contributed by atoms with E-state index in [1.165, 1.54) is 24.6 Å². The maximum Gasteiger partial charge on any atom is 0.234 e. The molecule has 1 N–H and O–H groups in total. The van der Waals surface area contributed by atoms with Crippen LogP contribution in [0.2, 0.25) is 5.02 Å². The summed E-state index contributed by atoms with van der Waals surface area (Å²) in [6.45, 7) is 3.20. The van der Waals surface area contributed by atoms with E-state index in [4.69, 9.17) is 21.1 Å². The van der Waals surface area contributed by atoms with Crippen molar-refractivity contribution in [3.05, 3.63) is 47.5 Å². The lowest BCUT2D eigenvalue weighted by molar-refractivity contribution is -0.113. The minimum atomic E-state index is -0.123. The molecule has 0 saturated heterocycles. The normalized spacial score (nSPS) is 12.2. The van der Waals surface area contributed by atoms with E-state index < -0.39 is 0 Å². The topological polar surface area (TPSA) is 78.3 Å². The highest BCUT2D eigenvalue weighted by Gasteiger charge is 2.17. The Morgan fingerprint density at radius 3 is 2.72 bits per heavy atom. The molecule has 1 amide bonds. The Morgan fingerprint density at radius 2 is 1.91 bits per heavy atom. The molecule has 2 heterocycles. The smallest absolute Gasteiger partial charge is 0.234 e. The number of unbranched alkanes of at least 4 members (excludes halogenated alkanes) is 3. The van der Waals surface area contributed by atoms with Gasteiger partial charge in [-0.15, -0.1) is 10.2 Å². The van der Waals surface area contributed by atoms with Crippen LogP contribution in [0.3, 0.4) is 0 Å². The first-order valence-electron chi connectivity index (χ1n) is 10.7. The molecule has 0 unspecified atom stereocenters. The van der Waals surface area contributed by atoms with Crippen molar-refractivity contribution in [1.82, 2.24) is 14.8 Å². The van der Waals surface area contributed by atoms with Crippen molar-refractivity contribution in [3.63, 3.8) is 0 Å². The van der Waals surface area contributed by atoms with Crippen LogP contribution in [0.1, 0.15) is 32.6 Å². The fraction of sp³-hybridized carbons (Fsp3) is 0.348. The first-order chi connectivity index (χ1) is 15.6. The van der Waals surface area contributed by atoms with Gasteiger partial charge in [-0.1, -0.05) is 49.5 Å². The minimum Gasteiger partial charge on any atom is -0.454 e. The lowest BCUT2D eigenvalue weighted by Crippen LogP contribution is -2.14. The fourth-order valence-corrected chi connectivity index (χ4v) is 4.30. The predicted molar refractivity (Wildman–Crippen MR) is 127 cm³/mol. The number of nitrogens with one attached hydrogen (secondary N) is 1. The molecule has 4 rings (SSSR count). The molecule has 0 spiro atoms. The van der Waals surface area contributed by atoms with E-state index in [9.17, 15) is 4.79 Å². The molecule has 2 aromatic carbocycles. The lowest BCUT2D eigenvalue weighted by Gasteiger charge is -2.11. The van der Waals surface area contributed by atoms with Crippen LogP contribution in [-0.4, -0.2) is 33.2 Å². The Kier molecular flexibility index (Phi) is 7.55. The first-order valence-corrected chi connectivity index (χ1v) is 12.0. The number of thioether (sulfide) groups is 1. The first kappa shape index (κ1) is 22.5. The van der Waals surface area contributed by atoms with Crippen LogP contribution >= 0.6 is 23.4 Å². The maximum atomic E-state index is 12.5. The molecule has 0 saturated carbocycles. The molecule has 0 radical (unpaired) electrons. The largest absolute Gasteiger partial charge is 0.454 e. The third kappa shape index (κ3) is 5.55. The zero-order valence-corrected chi connectivity index (χ0v) is 19.4. The number of ether oxygens (including phenoxy) is 2. The summed E-state index contributed by atoms with van der Waals surface area (Å²) in [5.41, 5.74) is 1.62. The van der Waals surface area contributed by atoms with Crippen molar-refractivity contribution >= 4 is 35.0 Å². The van der Waals surface area contributed by atoms with Crippen LogP contribution < -0.4 is 14.8 Å². The van der Waals surface area contributed by atoms with Gasteiger partial charge in [0.25, 0.3) is 0 Å². The molecule has 1 aromatic heterocycles. The number of amides is 1. The van der Waals surface area contributed by atoms with Crippen LogP contribution in [0.5, 0.6) is 11.5 Å². The molecule has 0 fully saturated rings. The van der Waals surface area contributed by atoms with Crippen molar-refractivity contribution in [2.45, 2.75) is 44.3 Å². The fourth-order valence-electron chi connectivity index (χ4n) is 3.41. The highest BCUT2D eigenvalue weighted by Crippen LogP contribution is 2.34. The molecule has 0 bridgehead atoms. The molecule has 7 nitrogen and oxygen atoms in total. The van der Waals surface area contributed by atoms with Gasteiger partial charge in [0.1, 0.15) is 0 Å². The summed E-state index contributed by atoms with van der Waals surface area (Å²) in [6.07, 6.45) is 4.54. The molecule has 32 heavy (non-hydrogen) atoms. The highest BCUT2D eigenvalue weighted by atomic mass is 35.5. The van der Waals surface area contributed by atoms with Crippen LogP contribution in [0.15, 0.2) is 47.6 Å². The van der Waals surface area contributed by atoms with Gasteiger partial charge >= 0.3 is 0 Å². The number of carbonyl (C=O) groups excluding carboxylic acids is 1. The van der Waals surface area contributed by atoms with Gasteiger partial charge in [0.05, 0.1) is 5.75 Å². The van der Waals surface area contributed by atoms with E-state index >= 15 is 0 Å². The van der Waals surface area contributed by atoms with Gasteiger partial charge in [-0.3, -0.25) is 4.79 Å². The van der Waals surface area contributed by atoms with Crippen LogP contribution in [0, 0.1) is 0 Å². The number of halogens is 1. The molecule has 1 aliphatic heterocycles. The van der Waals surface area contributed by atoms with Crippen LogP contribution in [0.25, 0.3) is 11.4 Å². The number of hydrogen-bond acceptors (Lipinski definition) is 6. The summed E-state index contributed by atoms with van der Waals surface area (Å²) in [5, 5.41) is 13.1. The van der Waals surface area contributed by atoms with Crippen molar-refractivity contribution in [1.29, 1.82) is 0 Å². The van der Waals surface area contributed by atoms with Crippen molar-refractivity contribution in [2.75, 3.05) is 17.9 Å². The van der Waals surface area contributed by atoms with Gasteiger partial charge in [0.15, 0.2) is 22.5 Å². The Balaban J connectivity index is 1.43. The zero-order valence-electron chi connectivity index (χ0n) is 17.8. The van der Waals surface area contributed by atoms with E-state index in [0.717, 1.165) is 35.9 Å². The summed E-state index contributed by atoms with van der Waals surface area (Å²) >= 11 is 7.42. The molecule has 0 aliphatic carbocycles. The van der Waals surface area contributed by atoms with Gasteiger partial charge < -0.3 is 19.4 Å². The summed E-state index contributed by atoms with van der Waals surface area (Å²) in [5.74, 6) is 2.21. The third-order valence-corrected chi connectivity index (χ3v) is 6.26. The van der Waals surface area contributed by atoms with E-state index in [1.54, 1.807) is 18.2 Å². The highest BCUT2D eigenvalue weighted by molar-refractivity contribution is 7.99. The number of hydrogen-bond donors (Lipinski definition) is 1. The van der Waals surface area contributed by atoms with Gasteiger partial charge in [0.2, 0.25) is 12.7 Å². The Bertz CT molecular complexity index is 1070. The van der Waals surface area contributed by atoms with Crippen LogP contribution in [0.4, 0.5) is 5.69 Å². The summed E-state index contributed by atoms with van der Waals surface area (Å²) in [7, 11) is 0. The molecule has 1 aliphatic rings. The Hall–Kier alpha value is -2.71. The third-order valence-electron chi connectivity index (χ3n) is 5.04. The lowest BCUT2D eigenvalue weighted by atomic mass is 10.2. The van der Waals surface area contributed by atoms with E-state index in [1.807, 2.05) is 24.3 Å². The molecule has 168 valence electrons. The van der Waals surface area contributed by atoms with E-state index in [0.29, 0.717) is 22.2 Å². The second-order valence-corrected chi connectivity index (χ2v) is 8.81. The molecular formula is C23H25ClN4O3S. The monoisotopic (exact) mass is 472 g/mol. The molecular weight excluding hydrogens is 448 g/mol. The standard InChI is InChI=1S/C23H25ClN4O3S/c1-2-3-4-5-12-28-22(16-6-8-17(24)9-7-16)26-27-23(28)32-14-21(29)25-18-10-11-19-20(13-18)31-15-30-19/h6-11,13H,2-5,12,14-15H2,1H3,(H,25,29). The number of nitrogens with zero attached hydrogens (tertiary/aromatic N) is 3. The summed E-state index contributed by atoms with van der Waals surface area (Å²) in [4.78, 5) is 12.5. The predicted octanol–water partition coefficient (Wildman–Crippen LogP) is 5.64. The molecule has 9 heteroatoms. The average Bonchev–Trinajstić information content (AvgIpc) is 3.42. The Labute approximate surface area is 196 Å². The van der Waals surface area contributed by atoms with Gasteiger partial charge in [-0.05, 0) is 42.8 Å². The molecule has 3 aromatic rings. The number of anilines is 1. The Morgan fingerprint density at radius 1 is 1.09 bits per heavy atom. The van der Waals surface area contributed by atoms with Crippen molar-refractivity contribution in [3.8, 4) is 22.9 Å². The van der Waals surface area contributed by atoms with Gasteiger partial charge in [-0.2, -0.15) is 0 Å². The maximum absolute atomic E-state index is 12.5. The van der Waals surface area contributed by atoms with Crippen molar-refractivity contribution in [2.24, 2.45) is 0 Å². The van der Waals surface area contributed by atoms with E-state index in [-0.39, 0.29) is 18.5 Å². The average molecular weight is 473 g/mol. The molecule has 0 atom stereocenters. The second kappa shape index (κ2) is 10.7. The summed E-state index contributed by atoms with van der Waals surface area (Å²) < 4.78 is 12.8. The van der Waals surface area contributed by atoms with Gasteiger partial charge in [0, 0.05) is 28.9 Å². The van der Waals surface area contributed by atoms with Crippen molar-refractivity contribution < 1.29 is 14.3 Å². The number of benzene rings is 2. The summed E-state index contributed by atoms with van der Waals surface area (Å²) in [6, 6.07) is 12.9. The SMILES string of the molecule is CCCCCCn1c(SCC(=O)Nc2ccc3c(c2)OCO3)nnc1-c1ccc(Cl)cc1. The number of fused-ring (bicyclic) bond motifs is 1. The quantitative estimate of drug-likeness (QED) is 0.304. The number of carbonyl (C=O) groups is 1. The number of aromatic nitrogens is 3. The number of rotatable bonds is 10.